The molecule has 0 unspecified atom stereocenters. The average molecular weight is 265 g/mol. The summed E-state index contributed by atoms with van der Waals surface area (Å²) in [5.74, 6) is 1.07. The summed E-state index contributed by atoms with van der Waals surface area (Å²) in [5, 5.41) is 12.6. The van der Waals surface area contributed by atoms with Gasteiger partial charge in [0.15, 0.2) is 17.5 Å². The van der Waals surface area contributed by atoms with Crippen LogP contribution in [0.3, 0.4) is 0 Å². The zero-order chi connectivity index (χ0) is 14.1. The Balaban J connectivity index is 2.56. The van der Waals surface area contributed by atoms with Crippen LogP contribution in [0.1, 0.15) is 32.3 Å². The SMILES string of the molecule is CCCCNC(N)=NCc1ccc(O)c(OCC)c1. The lowest BCUT2D eigenvalue weighted by molar-refractivity contribution is 0.318. The fourth-order valence-electron chi connectivity index (χ4n) is 1.55. The summed E-state index contributed by atoms with van der Waals surface area (Å²) in [6, 6.07) is 5.19. The standard InChI is InChI=1S/C14H23N3O2/c1-3-5-8-16-14(15)17-10-11-6-7-12(18)13(9-11)19-4-2/h6-7,9,18H,3-5,8,10H2,1-2H3,(H3,15,16,17). The Bertz CT molecular complexity index is 419. The first kappa shape index (κ1) is 15.1. The molecule has 0 aliphatic heterocycles. The lowest BCUT2D eigenvalue weighted by Crippen LogP contribution is -2.32. The summed E-state index contributed by atoms with van der Waals surface area (Å²) in [4.78, 5) is 4.24. The summed E-state index contributed by atoms with van der Waals surface area (Å²) in [7, 11) is 0. The van der Waals surface area contributed by atoms with Crippen molar-refractivity contribution in [2.45, 2.75) is 33.2 Å². The van der Waals surface area contributed by atoms with E-state index in [0.717, 1.165) is 24.9 Å². The lowest BCUT2D eigenvalue weighted by Gasteiger charge is -2.08. The number of phenols is 1. The van der Waals surface area contributed by atoms with Crippen molar-refractivity contribution >= 4 is 5.96 Å². The summed E-state index contributed by atoms with van der Waals surface area (Å²) in [5.41, 5.74) is 6.69. The molecule has 0 heterocycles. The minimum Gasteiger partial charge on any atom is -0.504 e. The number of ether oxygens (including phenoxy) is 1. The van der Waals surface area contributed by atoms with Gasteiger partial charge in [-0.3, -0.25) is 0 Å². The van der Waals surface area contributed by atoms with Crippen molar-refractivity contribution in [1.82, 2.24) is 5.32 Å². The van der Waals surface area contributed by atoms with Crippen molar-refractivity contribution in [3.05, 3.63) is 23.8 Å². The van der Waals surface area contributed by atoms with Crippen molar-refractivity contribution in [2.75, 3.05) is 13.2 Å². The van der Waals surface area contributed by atoms with Crippen LogP contribution in [0.2, 0.25) is 0 Å². The van der Waals surface area contributed by atoms with E-state index >= 15 is 0 Å². The van der Waals surface area contributed by atoms with Crippen molar-refractivity contribution in [3.63, 3.8) is 0 Å². The Hall–Kier alpha value is -1.91. The molecule has 0 spiro atoms. The van der Waals surface area contributed by atoms with Crippen LogP contribution in [0.15, 0.2) is 23.2 Å². The van der Waals surface area contributed by atoms with E-state index in [4.69, 9.17) is 10.5 Å². The van der Waals surface area contributed by atoms with Gasteiger partial charge in [0.2, 0.25) is 0 Å². The quantitative estimate of drug-likeness (QED) is 0.400. The van der Waals surface area contributed by atoms with Gasteiger partial charge in [-0.25, -0.2) is 4.99 Å². The van der Waals surface area contributed by atoms with E-state index in [1.54, 1.807) is 18.2 Å². The molecule has 4 N–H and O–H groups in total. The minimum atomic E-state index is 0.142. The topological polar surface area (TPSA) is 79.9 Å². The van der Waals surface area contributed by atoms with Crippen molar-refractivity contribution in [1.29, 1.82) is 0 Å². The number of phenolic OH excluding ortho intramolecular Hbond substituents is 1. The molecule has 0 atom stereocenters. The number of benzene rings is 1. The molecule has 0 saturated carbocycles. The van der Waals surface area contributed by atoms with Crippen LogP contribution < -0.4 is 15.8 Å². The highest BCUT2D eigenvalue weighted by Gasteiger charge is 2.03. The highest BCUT2D eigenvalue weighted by atomic mass is 16.5. The van der Waals surface area contributed by atoms with Gasteiger partial charge in [0.1, 0.15) is 0 Å². The Labute approximate surface area is 114 Å². The molecule has 0 saturated heterocycles. The van der Waals surface area contributed by atoms with Gasteiger partial charge in [0.25, 0.3) is 0 Å². The van der Waals surface area contributed by atoms with Gasteiger partial charge in [0.05, 0.1) is 13.2 Å². The fraction of sp³-hybridized carbons (Fsp3) is 0.500. The lowest BCUT2D eigenvalue weighted by atomic mass is 10.2. The largest absolute Gasteiger partial charge is 0.504 e. The molecular weight excluding hydrogens is 242 g/mol. The van der Waals surface area contributed by atoms with Crippen molar-refractivity contribution < 1.29 is 9.84 Å². The maximum absolute atomic E-state index is 9.59. The molecule has 0 aliphatic carbocycles. The molecule has 19 heavy (non-hydrogen) atoms. The first-order valence-corrected chi connectivity index (χ1v) is 6.65. The van der Waals surface area contributed by atoms with Crippen LogP contribution >= 0.6 is 0 Å². The fourth-order valence-corrected chi connectivity index (χ4v) is 1.55. The van der Waals surface area contributed by atoms with Gasteiger partial charge >= 0.3 is 0 Å². The number of nitrogens with one attached hydrogen (secondary N) is 1. The highest BCUT2D eigenvalue weighted by Crippen LogP contribution is 2.26. The highest BCUT2D eigenvalue weighted by molar-refractivity contribution is 5.77. The third kappa shape index (κ3) is 5.50. The normalized spacial score (nSPS) is 11.4. The van der Waals surface area contributed by atoms with Crippen LogP contribution in [0.4, 0.5) is 0 Å². The predicted molar refractivity (Wildman–Crippen MR) is 77.5 cm³/mol. The van der Waals surface area contributed by atoms with E-state index in [0.29, 0.717) is 24.9 Å². The molecule has 5 nitrogen and oxygen atoms in total. The number of aliphatic imine (C=N–C) groups is 1. The van der Waals surface area contributed by atoms with Gasteiger partial charge in [-0.1, -0.05) is 19.4 Å². The Morgan fingerprint density at radius 2 is 2.21 bits per heavy atom. The molecule has 1 aromatic carbocycles. The van der Waals surface area contributed by atoms with E-state index in [1.165, 1.54) is 0 Å². The predicted octanol–water partition coefficient (Wildman–Crippen LogP) is 2.00. The first-order valence-electron chi connectivity index (χ1n) is 6.65. The summed E-state index contributed by atoms with van der Waals surface area (Å²) < 4.78 is 5.32. The zero-order valence-electron chi connectivity index (χ0n) is 11.6. The van der Waals surface area contributed by atoms with Gasteiger partial charge in [-0.2, -0.15) is 0 Å². The summed E-state index contributed by atoms with van der Waals surface area (Å²) in [6.07, 6.45) is 2.19. The second-order valence-electron chi connectivity index (χ2n) is 4.22. The Kier molecular flexibility index (Phi) is 6.57. The molecule has 5 heteroatoms. The van der Waals surface area contributed by atoms with Crippen LogP contribution in [-0.2, 0) is 6.54 Å². The molecule has 0 aromatic heterocycles. The molecular formula is C14H23N3O2. The Morgan fingerprint density at radius 3 is 2.89 bits per heavy atom. The Morgan fingerprint density at radius 1 is 1.42 bits per heavy atom. The molecule has 1 aromatic rings. The zero-order valence-corrected chi connectivity index (χ0v) is 11.6. The number of hydrogen-bond acceptors (Lipinski definition) is 3. The molecule has 0 amide bonds. The van der Waals surface area contributed by atoms with Gasteiger partial charge in [0, 0.05) is 6.54 Å². The smallest absolute Gasteiger partial charge is 0.188 e. The van der Waals surface area contributed by atoms with Crippen LogP contribution in [0, 0.1) is 0 Å². The second kappa shape index (κ2) is 8.24. The number of nitrogens with two attached hydrogens (primary N) is 1. The maximum Gasteiger partial charge on any atom is 0.188 e. The molecule has 106 valence electrons. The maximum atomic E-state index is 9.59. The van der Waals surface area contributed by atoms with Crippen LogP contribution in [0.25, 0.3) is 0 Å². The number of hydrogen-bond donors (Lipinski definition) is 3. The van der Waals surface area contributed by atoms with Gasteiger partial charge in [-0.15, -0.1) is 0 Å². The average Bonchev–Trinajstić information content (AvgIpc) is 2.40. The molecule has 0 bridgehead atoms. The molecule has 1 rings (SSSR count). The van der Waals surface area contributed by atoms with E-state index in [2.05, 4.69) is 17.2 Å². The molecule has 0 radical (unpaired) electrons. The van der Waals surface area contributed by atoms with Crippen LogP contribution in [-0.4, -0.2) is 24.2 Å². The third-order valence-electron chi connectivity index (χ3n) is 2.59. The number of nitrogens with zero attached hydrogens (tertiary/aromatic N) is 1. The number of rotatable bonds is 7. The van der Waals surface area contributed by atoms with E-state index in [1.807, 2.05) is 6.92 Å². The monoisotopic (exact) mass is 265 g/mol. The first-order chi connectivity index (χ1) is 9.17. The van der Waals surface area contributed by atoms with Crippen molar-refractivity contribution in [2.24, 2.45) is 10.7 Å². The van der Waals surface area contributed by atoms with Gasteiger partial charge < -0.3 is 20.9 Å². The van der Waals surface area contributed by atoms with E-state index in [-0.39, 0.29) is 5.75 Å². The van der Waals surface area contributed by atoms with Crippen LogP contribution in [0.5, 0.6) is 11.5 Å². The number of guanidine groups is 1. The third-order valence-corrected chi connectivity index (χ3v) is 2.59. The van der Waals surface area contributed by atoms with Gasteiger partial charge in [-0.05, 0) is 31.0 Å². The minimum absolute atomic E-state index is 0.142. The molecule has 0 aliphatic rings. The summed E-state index contributed by atoms with van der Waals surface area (Å²) >= 11 is 0. The van der Waals surface area contributed by atoms with Crippen molar-refractivity contribution in [3.8, 4) is 11.5 Å². The number of unbranched alkanes of at least 4 members (excludes halogenated alkanes) is 1. The number of aromatic hydroxyl groups is 1. The molecule has 0 fully saturated rings. The summed E-state index contributed by atoms with van der Waals surface area (Å²) in [6.45, 7) is 5.82. The second-order valence-corrected chi connectivity index (χ2v) is 4.22. The van der Waals surface area contributed by atoms with E-state index in [9.17, 15) is 5.11 Å². The van der Waals surface area contributed by atoms with E-state index < -0.39 is 0 Å².